The summed E-state index contributed by atoms with van der Waals surface area (Å²) < 4.78 is 4.89. The Hall–Kier alpha value is -5.80. The molecule has 52 heavy (non-hydrogen) atoms. The van der Waals surface area contributed by atoms with Crippen LogP contribution < -0.4 is 4.90 Å². The number of para-hydroxylation sites is 2. The lowest BCUT2D eigenvalue weighted by Gasteiger charge is -2.27. The average molecular weight is 676 g/mol. The molecule has 0 amide bonds. The molecule has 9 rings (SSSR count). The third kappa shape index (κ3) is 5.26. The number of benzene rings is 6. The highest BCUT2D eigenvalue weighted by atomic mass is 15.1. The van der Waals surface area contributed by atoms with Crippen LogP contribution in [0.5, 0.6) is 0 Å². The summed E-state index contributed by atoms with van der Waals surface area (Å²) >= 11 is 0. The van der Waals surface area contributed by atoms with Crippen LogP contribution in [-0.2, 0) is 0 Å². The van der Waals surface area contributed by atoms with Crippen molar-refractivity contribution >= 4 is 55.8 Å². The molecule has 0 fully saturated rings. The molecule has 2 aromatic heterocycles. The van der Waals surface area contributed by atoms with Crippen molar-refractivity contribution in [2.45, 2.75) is 59.3 Å². The molecule has 0 N–H and O–H groups in total. The van der Waals surface area contributed by atoms with Crippen molar-refractivity contribution < 1.29 is 0 Å². The van der Waals surface area contributed by atoms with E-state index in [0.717, 1.165) is 35.6 Å². The Kier molecular flexibility index (Phi) is 7.88. The number of rotatable bonds is 7. The number of hydrogen-bond donors (Lipinski definition) is 0. The SMILES string of the molecule is CCC(C)c1ccc(N(c2ccc(-n3c4c(c5ccccc53)C=C(C)CC4C)cc2)c2ccc(-n3c4ccccc4c4cc(C)ccc43)cc2)cc1. The second kappa shape index (κ2) is 12.8. The first-order valence-electron chi connectivity index (χ1n) is 18.8. The molecule has 0 saturated heterocycles. The molecule has 8 aromatic rings. The van der Waals surface area contributed by atoms with Gasteiger partial charge in [0.2, 0.25) is 0 Å². The van der Waals surface area contributed by atoms with Gasteiger partial charge in [0.05, 0.1) is 16.6 Å². The van der Waals surface area contributed by atoms with E-state index < -0.39 is 0 Å². The van der Waals surface area contributed by atoms with Gasteiger partial charge in [0, 0.05) is 61.8 Å². The van der Waals surface area contributed by atoms with Crippen LogP contribution in [-0.4, -0.2) is 9.13 Å². The Labute approximate surface area is 307 Å². The summed E-state index contributed by atoms with van der Waals surface area (Å²) in [4.78, 5) is 2.39. The highest BCUT2D eigenvalue weighted by Gasteiger charge is 2.25. The van der Waals surface area contributed by atoms with E-state index in [0.29, 0.717) is 11.8 Å². The fourth-order valence-corrected chi connectivity index (χ4v) is 8.59. The van der Waals surface area contributed by atoms with Crippen LogP contribution >= 0.6 is 0 Å². The Balaban J connectivity index is 1.15. The first-order chi connectivity index (χ1) is 25.4. The Morgan fingerprint density at radius 3 is 1.79 bits per heavy atom. The largest absolute Gasteiger partial charge is 0.313 e. The van der Waals surface area contributed by atoms with Gasteiger partial charge in [-0.15, -0.1) is 0 Å². The van der Waals surface area contributed by atoms with Crippen molar-refractivity contribution in [3.8, 4) is 11.4 Å². The normalized spacial score (nSPS) is 14.9. The molecule has 3 heteroatoms. The molecule has 0 radical (unpaired) electrons. The van der Waals surface area contributed by atoms with Gasteiger partial charge in [-0.05, 0) is 123 Å². The molecule has 1 aliphatic rings. The molecular formula is C49H45N3. The standard InChI is InChI=1S/C49H45N3/c1-6-34(4)36-16-18-37(19-17-36)50(38-20-24-40(25-21-38)51-46-13-9-7-11-42(46)44-30-32(2)15-28-48(44)51)39-22-26-41(27-23-39)52-47-14-10-8-12-43(47)45-31-33(3)29-35(5)49(45)52/h7-28,30-31,34-35H,6,29H2,1-5H3. The van der Waals surface area contributed by atoms with Crippen LogP contribution in [0.3, 0.4) is 0 Å². The number of nitrogens with zero attached hydrogens (tertiary/aromatic N) is 3. The fourth-order valence-electron chi connectivity index (χ4n) is 8.59. The minimum absolute atomic E-state index is 0.449. The molecule has 1 aliphatic carbocycles. The second-order valence-electron chi connectivity index (χ2n) is 14.9. The van der Waals surface area contributed by atoms with E-state index in [4.69, 9.17) is 0 Å². The summed E-state index contributed by atoms with van der Waals surface area (Å²) in [6.45, 7) is 11.4. The number of aryl methyl sites for hydroxylation is 1. The molecule has 6 aromatic carbocycles. The van der Waals surface area contributed by atoms with E-state index in [1.165, 1.54) is 66.4 Å². The summed E-state index contributed by atoms with van der Waals surface area (Å²) in [5.41, 5.74) is 16.4. The molecule has 0 bridgehead atoms. The third-order valence-corrected chi connectivity index (χ3v) is 11.3. The minimum atomic E-state index is 0.449. The van der Waals surface area contributed by atoms with E-state index >= 15 is 0 Å². The number of allylic oxidation sites excluding steroid dienone is 1. The molecule has 2 unspecified atom stereocenters. The van der Waals surface area contributed by atoms with Crippen molar-refractivity contribution in [1.82, 2.24) is 9.13 Å². The van der Waals surface area contributed by atoms with E-state index in [2.05, 4.69) is 194 Å². The summed E-state index contributed by atoms with van der Waals surface area (Å²) in [5, 5.41) is 3.90. The maximum absolute atomic E-state index is 2.50. The van der Waals surface area contributed by atoms with Crippen LogP contribution in [0.1, 0.15) is 74.8 Å². The van der Waals surface area contributed by atoms with Crippen molar-refractivity contribution in [2.24, 2.45) is 0 Å². The first kappa shape index (κ1) is 32.1. The highest BCUT2D eigenvalue weighted by Crippen LogP contribution is 2.43. The number of fused-ring (bicyclic) bond motifs is 6. The summed E-state index contributed by atoms with van der Waals surface area (Å²) in [6, 6.07) is 51.8. The van der Waals surface area contributed by atoms with Gasteiger partial charge >= 0.3 is 0 Å². The molecule has 0 saturated carbocycles. The van der Waals surface area contributed by atoms with Gasteiger partial charge in [-0.25, -0.2) is 0 Å². The number of hydrogen-bond acceptors (Lipinski definition) is 1. The smallest absolute Gasteiger partial charge is 0.0541 e. The van der Waals surface area contributed by atoms with Gasteiger partial charge in [-0.2, -0.15) is 0 Å². The molecule has 256 valence electrons. The summed E-state index contributed by atoms with van der Waals surface area (Å²) in [6.07, 6.45) is 4.61. The lowest BCUT2D eigenvalue weighted by molar-refractivity contribution is 0.701. The maximum Gasteiger partial charge on any atom is 0.0541 e. The summed E-state index contributed by atoms with van der Waals surface area (Å²) in [7, 11) is 0. The van der Waals surface area contributed by atoms with Crippen molar-refractivity contribution in [2.75, 3.05) is 4.90 Å². The molecular weight excluding hydrogens is 631 g/mol. The van der Waals surface area contributed by atoms with Crippen molar-refractivity contribution in [1.29, 1.82) is 0 Å². The Morgan fingerprint density at radius 2 is 1.15 bits per heavy atom. The third-order valence-electron chi connectivity index (χ3n) is 11.3. The van der Waals surface area contributed by atoms with Gasteiger partial charge in [0.25, 0.3) is 0 Å². The Morgan fingerprint density at radius 1 is 0.615 bits per heavy atom. The molecule has 2 atom stereocenters. The Bertz CT molecular complexity index is 2610. The predicted molar refractivity (Wildman–Crippen MR) is 222 cm³/mol. The molecule has 2 heterocycles. The molecule has 0 spiro atoms. The van der Waals surface area contributed by atoms with Crippen molar-refractivity contribution in [3.05, 3.63) is 167 Å². The minimum Gasteiger partial charge on any atom is -0.313 e. The van der Waals surface area contributed by atoms with Gasteiger partial charge in [-0.3, -0.25) is 0 Å². The highest BCUT2D eigenvalue weighted by molar-refractivity contribution is 6.09. The van der Waals surface area contributed by atoms with E-state index in [-0.39, 0.29) is 0 Å². The molecule has 3 nitrogen and oxygen atoms in total. The topological polar surface area (TPSA) is 13.1 Å². The van der Waals surface area contributed by atoms with Gasteiger partial charge in [-0.1, -0.05) is 92.6 Å². The van der Waals surface area contributed by atoms with Gasteiger partial charge in [0.1, 0.15) is 0 Å². The average Bonchev–Trinajstić information content (AvgIpc) is 3.68. The fraction of sp³-hybridized carbons (Fsp3) is 0.184. The van der Waals surface area contributed by atoms with Crippen molar-refractivity contribution in [3.63, 3.8) is 0 Å². The quantitative estimate of drug-likeness (QED) is 0.164. The van der Waals surface area contributed by atoms with E-state index in [1.807, 2.05) is 0 Å². The predicted octanol–water partition coefficient (Wildman–Crippen LogP) is 13.9. The summed E-state index contributed by atoms with van der Waals surface area (Å²) in [5.74, 6) is 0.976. The lowest BCUT2D eigenvalue weighted by atomic mass is 9.88. The van der Waals surface area contributed by atoms with E-state index in [9.17, 15) is 0 Å². The van der Waals surface area contributed by atoms with Crippen LogP contribution in [0.25, 0.3) is 50.2 Å². The number of anilines is 3. The lowest BCUT2D eigenvalue weighted by Crippen LogP contribution is -2.11. The van der Waals surface area contributed by atoms with Crippen LogP contribution in [0.2, 0.25) is 0 Å². The van der Waals surface area contributed by atoms with Crippen LogP contribution in [0.4, 0.5) is 17.1 Å². The zero-order valence-corrected chi connectivity index (χ0v) is 30.8. The van der Waals surface area contributed by atoms with Crippen LogP contribution in [0.15, 0.2) is 145 Å². The number of aromatic nitrogens is 2. The molecule has 0 aliphatic heterocycles. The zero-order chi connectivity index (χ0) is 35.5. The first-order valence-corrected chi connectivity index (χ1v) is 18.8. The maximum atomic E-state index is 2.50. The van der Waals surface area contributed by atoms with Gasteiger partial charge in [0.15, 0.2) is 0 Å². The monoisotopic (exact) mass is 675 g/mol. The van der Waals surface area contributed by atoms with E-state index in [1.54, 1.807) is 0 Å². The van der Waals surface area contributed by atoms with Gasteiger partial charge < -0.3 is 14.0 Å². The zero-order valence-electron chi connectivity index (χ0n) is 30.8. The van der Waals surface area contributed by atoms with Crippen LogP contribution in [0, 0.1) is 6.92 Å². The second-order valence-corrected chi connectivity index (χ2v) is 14.9.